The van der Waals surface area contributed by atoms with Gasteiger partial charge in [0.25, 0.3) is 0 Å². The van der Waals surface area contributed by atoms with Gasteiger partial charge >= 0.3 is 0 Å². The van der Waals surface area contributed by atoms with Gasteiger partial charge in [0.2, 0.25) is 0 Å². The molecule has 29 heavy (non-hydrogen) atoms. The number of nitrogens with zero attached hydrogens (tertiary/aromatic N) is 2. The summed E-state index contributed by atoms with van der Waals surface area (Å²) in [4.78, 5) is 4.66. The predicted molar refractivity (Wildman–Crippen MR) is 112 cm³/mol. The van der Waals surface area contributed by atoms with Crippen molar-refractivity contribution in [3.05, 3.63) is 59.4 Å². The second-order valence-electron chi connectivity index (χ2n) is 7.37. The van der Waals surface area contributed by atoms with Crippen molar-refractivity contribution in [3.63, 3.8) is 0 Å². The van der Waals surface area contributed by atoms with Crippen molar-refractivity contribution in [2.24, 2.45) is 0 Å². The zero-order valence-electron chi connectivity index (χ0n) is 17.3. The van der Waals surface area contributed by atoms with E-state index in [-0.39, 0.29) is 18.5 Å². The van der Waals surface area contributed by atoms with Crippen molar-refractivity contribution in [2.45, 2.75) is 32.5 Å². The summed E-state index contributed by atoms with van der Waals surface area (Å²) >= 11 is 0. The maximum absolute atomic E-state index is 14.4. The van der Waals surface area contributed by atoms with E-state index in [4.69, 9.17) is 9.47 Å². The van der Waals surface area contributed by atoms with Crippen LogP contribution in [-0.2, 0) is 13.1 Å². The van der Waals surface area contributed by atoms with Crippen LogP contribution in [0.1, 0.15) is 24.5 Å². The largest absolute Gasteiger partial charge is 0.497 e. The Bertz CT molecular complexity index is 786. The number of rotatable bonds is 9. The van der Waals surface area contributed by atoms with Gasteiger partial charge in [-0.15, -0.1) is 0 Å². The maximum Gasteiger partial charge on any atom is 0.131 e. The van der Waals surface area contributed by atoms with Crippen molar-refractivity contribution < 1.29 is 19.0 Å². The van der Waals surface area contributed by atoms with Crippen LogP contribution in [0.25, 0.3) is 0 Å². The molecule has 0 bridgehead atoms. The summed E-state index contributed by atoms with van der Waals surface area (Å²) in [6.07, 6.45) is 0.668. The Hall–Kier alpha value is -2.15. The van der Waals surface area contributed by atoms with Crippen LogP contribution in [0.3, 0.4) is 0 Å². The lowest BCUT2D eigenvalue weighted by atomic mass is 10.1. The molecule has 0 unspecified atom stereocenters. The molecule has 6 heteroatoms. The minimum absolute atomic E-state index is 0.121. The molecule has 0 spiro atoms. The van der Waals surface area contributed by atoms with Crippen LogP contribution in [0.4, 0.5) is 4.39 Å². The number of aliphatic hydroxyl groups is 1. The fourth-order valence-electron chi connectivity index (χ4n) is 3.91. The number of benzene rings is 2. The predicted octanol–water partition coefficient (Wildman–Crippen LogP) is 3.30. The highest BCUT2D eigenvalue weighted by molar-refractivity contribution is 5.33. The fourth-order valence-corrected chi connectivity index (χ4v) is 3.91. The van der Waals surface area contributed by atoms with Crippen LogP contribution in [0.5, 0.6) is 11.5 Å². The summed E-state index contributed by atoms with van der Waals surface area (Å²) in [5.41, 5.74) is 1.83. The van der Waals surface area contributed by atoms with E-state index in [0.717, 1.165) is 31.9 Å². The van der Waals surface area contributed by atoms with Gasteiger partial charge in [0.15, 0.2) is 0 Å². The topological polar surface area (TPSA) is 45.2 Å². The smallest absolute Gasteiger partial charge is 0.131 e. The highest BCUT2D eigenvalue weighted by atomic mass is 19.1. The Labute approximate surface area is 172 Å². The summed E-state index contributed by atoms with van der Waals surface area (Å²) in [5, 5.41) is 9.56. The molecule has 5 nitrogen and oxygen atoms in total. The normalized spacial score (nSPS) is 18.0. The number of piperazine rings is 1. The minimum atomic E-state index is -0.250. The number of hydrogen-bond donors (Lipinski definition) is 1. The first-order valence-electron chi connectivity index (χ1n) is 10.2. The Morgan fingerprint density at radius 1 is 1.10 bits per heavy atom. The quantitative estimate of drug-likeness (QED) is 0.697. The lowest BCUT2D eigenvalue weighted by Gasteiger charge is -2.41. The number of methoxy groups -OCH3 is 1. The van der Waals surface area contributed by atoms with Crippen LogP contribution < -0.4 is 9.47 Å². The summed E-state index contributed by atoms with van der Waals surface area (Å²) in [6, 6.07) is 13.3. The van der Waals surface area contributed by atoms with E-state index in [1.165, 1.54) is 18.7 Å². The highest BCUT2D eigenvalue weighted by Crippen LogP contribution is 2.24. The van der Waals surface area contributed by atoms with Gasteiger partial charge in [0.1, 0.15) is 17.3 Å². The van der Waals surface area contributed by atoms with Crippen molar-refractivity contribution in [1.82, 2.24) is 9.80 Å². The highest BCUT2D eigenvalue weighted by Gasteiger charge is 2.27. The molecule has 0 amide bonds. The zero-order chi connectivity index (χ0) is 20.6. The summed E-state index contributed by atoms with van der Waals surface area (Å²) in [6.45, 7) is 6.64. The number of halogens is 1. The van der Waals surface area contributed by atoms with Gasteiger partial charge in [-0.25, -0.2) is 4.39 Å². The number of hydrogen-bond acceptors (Lipinski definition) is 5. The molecule has 2 aromatic carbocycles. The van der Waals surface area contributed by atoms with E-state index in [2.05, 4.69) is 15.9 Å². The van der Waals surface area contributed by atoms with Gasteiger partial charge in [-0.05, 0) is 25.5 Å². The van der Waals surface area contributed by atoms with Crippen LogP contribution in [0.2, 0.25) is 0 Å². The molecule has 1 atom stereocenters. The van der Waals surface area contributed by atoms with Crippen molar-refractivity contribution in [2.75, 3.05) is 40.0 Å². The van der Waals surface area contributed by atoms with Crippen LogP contribution >= 0.6 is 0 Å². The molecule has 158 valence electrons. The molecule has 2 aromatic rings. The molecule has 1 aliphatic heterocycles. The molecule has 1 saturated heterocycles. The third-order valence-corrected chi connectivity index (χ3v) is 5.45. The monoisotopic (exact) mass is 402 g/mol. The molecule has 1 heterocycles. The molecule has 0 saturated carbocycles. The molecule has 0 aliphatic carbocycles. The van der Waals surface area contributed by atoms with E-state index in [9.17, 15) is 9.50 Å². The molecule has 0 aromatic heterocycles. The van der Waals surface area contributed by atoms with Gasteiger partial charge in [0.05, 0.1) is 13.7 Å². The number of ether oxygens (including phenoxy) is 2. The first-order chi connectivity index (χ1) is 14.1. The Kier molecular flexibility index (Phi) is 7.86. The first-order valence-corrected chi connectivity index (χ1v) is 10.2. The van der Waals surface area contributed by atoms with Crippen LogP contribution in [0, 0.1) is 5.82 Å². The molecule has 1 fully saturated rings. The molecule has 1 N–H and O–H groups in total. The van der Waals surface area contributed by atoms with Crippen LogP contribution in [-0.4, -0.2) is 60.9 Å². The van der Waals surface area contributed by atoms with E-state index in [1.807, 2.05) is 25.1 Å². The average Bonchev–Trinajstić information content (AvgIpc) is 2.73. The molecule has 1 aliphatic rings. The zero-order valence-corrected chi connectivity index (χ0v) is 17.3. The van der Waals surface area contributed by atoms with Crippen molar-refractivity contribution >= 4 is 0 Å². The lowest BCUT2D eigenvalue weighted by Crippen LogP contribution is -2.52. The van der Waals surface area contributed by atoms with Crippen LogP contribution in [0.15, 0.2) is 42.5 Å². The summed E-state index contributed by atoms with van der Waals surface area (Å²) in [7, 11) is 1.54. The summed E-state index contributed by atoms with van der Waals surface area (Å²) in [5.74, 6) is 1.20. The van der Waals surface area contributed by atoms with Gasteiger partial charge in [-0.2, -0.15) is 0 Å². The van der Waals surface area contributed by atoms with E-state index in [1.54, 1.807) is 12.1 Å². The summed E-state index contributed by atoms with van der Waals surface area (Å²) < 4.78 is 25.3. The average molecular weight is 403 g/mol. The number of aliphatic hydroxyl groups excluding tert-OH is 1. The van der Waals surface area contributed by atoms with E-state index < -0.39 is 0 Å². The molecule has 0 radical (unpaired) electrons. The standard InChI is InChI=1S/C23H31FN2O3/c1-3-29-23-7-5-4-6-19(23)15-25-11-12-26(20(17-25)10-13-27)16-18-8-9-21(28-2)14-22(18)24/h4-9,14,20,27H,3,10-13,15-17H2,1-2H3/t20-/m0/s1. The van der Waals surface area contributed by atoms with Gasteiger partial charge in [-0.3, -0.25) is 9.80 Å². The molecule has 3 rings (SSSR count). The van der Waals surface area contributed by atoms with Gasteiger partial charge in [-0.1, -0.05) is 24.3 Å². The number of para-hydroxylation sites is 1. The minimum Gasteiger partial charge on any atom is -0.497 e. The third kappa shape index (κ3) is 5.69. The van der Waals surface area contributed by atoms with Crippen molar-refractivity contribution in [3.8, 4) is 11.5 Å². The second kappa shape index (κ2) is 10.6. The fraction of sp³-hybridized carbons (Fsp3) is 0.478. The Balaban J connectivity index is 1.66. The molecular weight excluding hydrogens is 371 g/mol. The van der Waals surface area contributed by atoms with Crippen molar-refractivity contribution in [1.29, 1.82) is 0 Å². The van der Waals surface area contributed by atoms with Gasteiger partial charge < -0.3 is 14.6 Å². The van der Waals surface area contributed by atoms with Gasteiger partial charge in [0, 0.05) is 62.6 Å². The Morgan fingerprint density at radius 3 is 2.66 bits per heavy atom. The molecular formula is C23H31FN2O3. The van der Waals surface area contributed by atoms with E-state index >= 15 is 0 Å². The first kappa shape index (κ1) is 21.6. The SMILES string of the molecule is CCOc1ccccc1CN1CCN(Cc2ccc(OC)cc2F)[C@@H](CCO)C1. The second-order valence-corrected chi connectivity index (χ2v) is 7.37. The third-order valence-electron chi connectivity index (χ3n) is 5.45. The van der Waals surface area contributed by atoms with E-state index in [0.29, 0.717) is 30.9 Å². The lowest BCUT2D eigenvalue weighted by molar-refractivity contribution is 0.0488. The maximum atomic E-state index is 14.4. The Morgan fingerprint density at radius 2 is 1.93 bits per heavy atom.